The molecule has 3 aliphatic rings. The van der Waals surface area contributed by atoms with E-state index in [0.29, 0.717) is 62.8 Å². The van der Waals surface area contributed by atoms with Crippen molar-refractivity contribution >= 4 is 56.6 Å². The quantitative estimate of drug-likeness (QED) is 0.0592. The van der Waals surface area contributed by atoms with Crippen molar-refractivity contribution in [3.8, 4) is 39.1 Å². The van der Waals surface area contributed by atoms with Crippen LogP contribution in [0.4, 0.5) is 26.3 Å². The van der Waals surface area contributed by atoms with E-state index in [0.717, 1.165) is 30.3 Å². The zero-order valence-electron chi connectivity index (χ0n) is 48.5. The number of amides is 3. The van der Waals surface area contributed by atoms with Gasteiger partial charge < -0.3 is 21.9 Å². The summed E-state index contributed by atoms with van der Waals surface area (Å²) in [7, 11) is 6.00. The molecule has 3 aromatic heterocycles. The van der Waals surface area contributed by atoms with E-state index in [-0.39, 0.29) is 59.7 Å². The number of hydrogen-bond donors (Lipinski definition) is 3. The maximum absolute atomic E-state index is 14.6. The van der Waals surface area contributed by atoms with Crippen molar-refractivity contribution in [2.24, 2.45) is 32.2 Å². The number of aromatic nitrogens is 3. The summed E-state index contributed by atoms with van der Waals surface area (Å²) >= 11 is 0. The number of ether oxygens (including phenoxy) is 1. The number of aldehydes is 2. The summed E-state index contributed by atoms with van der Waals surface area (Å²) in [6.45, 7) is 0. The SMILES string of the molecule is CN1C(=O)[C@@](c2ccc(C=O)cc2)(c2ccc(F)c(-c3cnccc3F)c2)N=C1N.CN1C(=O)[C@](c2ccc(C=O)cc2)(c2ccc(F)c(-c3cnccc3F)c2)N=C1N.COc1ccc(C2(c3ccc(F)c(-c4cnccc4F)c3)N=C(N)N(C)C2=O)cc1.[B]. The molecule has 6 N–H and O–H groups in total. The number of benzene rings is 6. The van der Waals surface area contributed by atoms with E-state index >= 15 is 0 Å². The van der Waals surface area contributed by atoms with Crippen LogP contribution in [-0.4, -0.2) is 114 Å². The van der Waals surface area contributed by atoms with Gasteiger partial charge in [0.15, 0.2) is 34.5 Å². The third-order valence-corrected chi connectivity index (χ3v) is 15.5. The van der Waals surface area contributed by atoms with Crippen molar-refractivity contribution in [1.82, 2.24) is 29.7 Å². The largest absolute Gasteiger partial charge is 0.497 e. The maximum atomic E-state index is 14.6. The van der Waals surface area contributed by atoms with Gasteiger partial charge in [0.1, 0.15) is 53.2 Å². The first kappa shape index (κ1) is 63.9. The van der Waals surface area contributed by atoms with Crippen molar-refractivity contribution in [3.63, 3.8) is 0 Å². The minimum atomic E-state index is -1.60. The van der Waals surface area contributed by atoms with E-state index in [4.69, 9.17) is 21.9 Å². The molecule has 3 aliphatic heterocycles. The van der Waals surface area contributed by atoms with E-state index in [1.165, 1.54) is 123 Å². The first-order valence-electron chi connectivity index (χ1n) is 27.0. The number of carbonyl (C=O) groups excluding carboxylic acids is 5. The molecule has 25 heteroatoms. The summed E-state index contributed by atoms with van der Waals surface area (Å²) in [6.07, 6.45) is 8.81. The van der Waals surface area contributed by atoms with Gasteiger partial charge in [-0.1, -0.05) is 78.9 Å². The average molecular weight is 1230 g/mol. The second kappa shape index (κ2) is 25.6. The van der Waals surface area contributed by atoms with E-state index in [1.807, 2.05) is 0 Å². The molecule has 6 heterocycles. The molecule has 3 radical (unpaired) electrons. The standard InChI is InChI=1S/C22H18F2N4O2.2C22H16F2N4O2.B/c1-28-20(29)22(27-21(28)25,13-3-6-15(30-2)7-4-13)14-5-8-18(23)16(11-14)17-12-26-10-9-19(17)24;2*1-28-20(30)22(27-21(28)25,14-4-2-13(12-29)3-5-14)15-6-7-18(23)16(10-15)17-11-26-9-8-19(17)24;/h3-12H,1-2H3,(H2,25,27);2*2-12H,1H3,(H2,25,27);/t;2*22-;/m.10./s1. The Kier molecular flexibility index (Phi) is 18.0. The number of hydrogen-bond acceptors (Lipinski definition) is 15. The maximum Gasteiger partial charge on any atom is 0.266 e. The van der Waals surface area contributed by atoms with Crippen LogP contribution in [0, 0.1) is 34.9 Å². The highest BCUT2D eigenvalue weighted by atomic mass is 19.1. The Morgan fingerprint density at radius 3 is 0.868 bits per heavy atom. The number of carbonyl (C=O) groups is 5. The summed E-state index contributed by atoms with van der Waals surface area (Å²) in [5, 5.41) is 0. The fourth-order valence-corrected chi connectivity index (χ4v) is 10.6. The third-order valence-electron chi connectivity index (χ3n) is 15.5. The zero-order valence-corrected chi connectivity index (χ0v) is 48.5. The molecule has 9 aromatic rings. The van der Waals surface area contributed by atoms with Crippen molar-refractivity contribution < 1.29 is 55.1 Å². The number of nitrogens with zero attached hydrogens (tertiary/aromatic N) is 9. The van der Waals surface area contributed by atoms with Crippen molar-refractivity contribution in [1.29, 1.82) is 0 Å². The number of methoxy groups -OCH3 is 1. The van der Waals surface area contributed by atoms with Gasteiger partial charge in [-0.2, -0.15) is 0 Å². The number of pyridine rings is 3. The minimum Gasteiger partial charge on any atom is -0.497 e. The van der Waals surface area contributed by atoms with Gasteiger partial charge in [-0.3, -0.25) is 53.6 Å². The molecule has 3 amide bonds. The Morgan fingerprint density at radius 1 is 0.385 bits per heavy atom. The lowest BCUT2D eigenvalue weighted by Gasteiger charge is -2.27. The topological polar surface area (TPSA) is 258 Å². The van der Waals surface area contributed by atoms with Gasteiger partial charge in [0, 0.05) is 111 Å². The van der Waals surface area contributed by atoms with Crippen LogP contribution in [0.5, 0.6) is 5.75 Å². The number of likely N-dealkylation sites (N-methyl/N-ethyl adjacent to an activating group) is 3. The molecular formula is C66H50BF6N12O6. The van der Waals surface area contributed by atoms with Gasteiger partial charge in [0.25, 0.3) is 17.7 Å². The molecule has 91 heavy (non-hydrogen) atoms. The Labute approximate surface area is 517 Å². The highest BCUT2D eigenvalue weighted by Gasteiger charge is 2.52. The molecule has 0 spiro atoms. The highest BCUT2D eigenvalue weighted by molar-refractivity contribution is 6.11. The van der Waals surface area contributed by atoms with Crippen LogP contribution in [0.25, 0.3) is 33.4 Å². The monoisotopic (exact) mass is 1230 g/mol. The van der Waals surface area contributed by atoms with Crippen LogP contribution >= 0.6 is 0 Å². The normalized spacial score (nSPS) is 18.2. The van der Waals surface area contributed by atoms with Crippen LogP contribution in [0.15, 0.2) is 198 Å². The smallest absolute Gasteiger partial charge is 0.266 e. The summed E-state index contributed by atoms with van der Waals surface area (Å²) in [4.78, 5) is 90.4. The van der Waals surface area contributed by atoms with Gasteiger partial charge in [-0.25, -0.2) is 41.3 Å². The van der Waals surface area contributed by atoms with Gasteiger partial charge in [-0.05, 0) is 100 Å². The van der Waals surface area contributed by atoms with Crippen LogP contribution in [0.2, 0.25) is 0 Å². The molecule has 0 saturated heterocycles. The van der Waals surface area contributed by atoms with Crippen molar-refractivity contribution in [2.75, 3.05) is 28.3 Å². The molecule has 0 saturated carbocycles. The zero-order chi connectivity index (χ0) is 64.4. The van der Waals surface area contributed by atoms with Gasteiger partial charge in [0.05, 0.1) is 7.11 Å². The van der Waals surface area contributed by atoms with Gasteiger partial charge in [0.2, 0.25) is 0 Å². The molecule has 1 unspecified atom stereocenters. The Morgan fingerprint density at radius 2 is 0.637 bits per heavy atom. The molecular weight excluding hydrogens is 1180 g/mol. The lowest BCUT2D eigenvalue weighted by Crippen LogP contribution is -2.41. The first-order chi connectivity index (χ1) is 43.1. The molecule has 0 fully saturated rings. The van der Waals surface area contributed by atoms with E-state index in [2.05, 4.69) is 29.9 Å². The summed E-state index contributed by atoms with van der Waals surface area (Å²) < 4.78 is 92.0. The number of guanidine groups is 3. The Balaban J connectivity index is 0.000000161. The molecule has 12 rings (SSSR count). The molecule has 3 atom stereocenters. The number of aliphatic imine (C=N–C) groups is 3. The number of halogens is 6. The second-order valence-corrected chi connectivity index (χ2v) is 20.5. The minimum absolute atomic E-state index is 0. The van der Waals surface area contributed by atoms with Crippen molar-refractivity contribution in [2.45, 2.75) is 16.6 Å². The first-order valence-corrected chi connectivity index (χ1v) is 27.0. The Bertz CT molecular complexity index is 4260. The molecule has 0 aliphatic carbocycles. The molecule has 6 aromatic carbocycles. The van der Waals surface area contributed by atoms with E-state index < -0.39 is 69.2 Å². The summed E-state index contributed by atoms with van der Waals surface area (Å²) in [6, 6.07) is 34.6. The fraction of sp³-hybridized carbons (Fsp3) is 0.106. The van der Waals surface area contributed by atoms with Gasteiger partial charge >= 0.3 is 0 Å². The van der Waals surface area contributed by atoms with Crippen LogP contribution in [0.3, 0.4) is 0 Å². The summed E-state index contributed by atoms with van der Waals surface area (Å²) in [5.41, 5.74) is 16.1. The highest BCUT2D eigenvalue weighted by Crippen LogP contribution is 2.45. The van der Waals surface area contributed by atoms with Gasteiger partial charge in [-0.15, -0.1) is 0 Å². The summed E-state index contributed by atoms with van der Waals surface area (Å²) in [5.74, 6) is -4.65. The second-order valence-electron chi connectivity index (χ2n) is 20.5. The van der Waals surface area contributed by atoms with E-state index in [1.54, 1.807) is 72.8 Å². The predicted molar refractivity (Wildman–Crippen MR) is 327 cm³/mol. The van der Waals surface area contributed by atoms with Crippen LogP contribution in [0.1, 0.15) is 54.1 Å². The van der Waals surface area contributed by atoms with Crippen LogP contribution in [-0.2, 0) is 31.0 Å². The lowest BCUT2D eigenvalue weighted by molar-refractivity contribution is -0.130. The third kappa shape index (κ3) is 11.3. The predicted octanol–water partition coefficient (Wildman–Crippen LogP) is 8.42. The molecule has 455 valence electrons. The number of rotatable bonds is 12. The van der Waals surface area contributed by atoms with E-state index in [9.17, 15) is 50.3 Å². The van der Waals surface area contributed by atoms with Crippen LogP contribution < -0.4 is 21.9 Å². The molecule has 18 nitrogen and oxygen atoms in total. The average Bonchev–Trinajstić information content (AvgIpc) is 1.66. The number of nitrogens with two attached hydrogens (primary N) is 3. The Hall–Kier alpha value is -11.6. The fourth-order valence-electron chi connectivity index (χ4n) is 10.6. The van der Waals surface area contributed by atoms with Crippen molar-refractivity contribution in [3.05, 3.63) is 262 Å². The molecule has 0 bridgehead atoms. The lowest BCUT2D eigenvalue weighted by atomic mass is 9.81.